The van der Waals surface area contributed by atoms with Crippen LogP contribution in [0.5, 0.6) is 0 Å². The van der Waals surface area contributed by atoms with Crippen LogP contribution in [-0.2, 0) is 4.79 Å². The van der Waals surface area contributed by atoms with Gasteiger partial charge in [0.2, 0.25) is 5.91 Å². The summed E-state index contributed by atoms with van der Waals surface area (Å²) in [7, 11) is 1.82. The lowest BCUT2D eigenvalue weighted by Gasteiger charge is -2.34. The molecule has 15 heavy (non-hydrogen) atoms. The zero-order valence-corrected chi connectivity index (χ0v) is 10.4. The maximum absolute atomic E-state index is 11.7. The van der Waals surface area contributed by atoms with E-state index in [2.05, 4.69) is 27.8 Å². The van der Waals surface area contributed by atoms with E-state index in [1.165, 1.54) is 0 Å². The first kappa shape index (κ1) is 10.5. The van der Waals surface area contributed by atoms with E-state index in [1.54, 1.807) is 4.90 Å². The largest absolute Gasteiger partial charge is 0.361 e. The molecule has 0 fully saturated rings. The number of nitrogens with zero attached hydrogens (tertiary/aromatic N) is 2. The van der Waals surface area contributed by atoms with Gasteiger partial charge in [0.1, 0.15) is 0 Å². The molecule has 0 aliphatic carbocycles. The Labute approximate surface area is 97.8 Å². The molecule has 0 bridgehead atoms. The standard InChI is InChI=1S/C11H13BrN2O/c1-3-14-7-11(15)13(2)10-6-8(12)4-5-9(10)14/h4-6H,3,7H2,1-2H3. The molecule has 80 valence electrons. The van der Waals surface area contributed by atoms with Crippen LogP contribution in [0.2, 0.25) is 0 Å². The summed E-state index contributed by atoms with van der Waals surface area (Å²) in [5.41, 5.74) is 2.10. The number of likely N-dealkylation sites (N-methyl/N-ethyl adjacent to an activating group) is 2. The minimum Gasteiger partial charge on any atom is -0.361 e. The molecular weight excluding hydrogens is 256 g/mol. The molecule has 4 heteroatoms. The quantitative estimate of drug-likeness (QED) is 0.780. The number of hydrogen-bond acceptors (Lipinski definition) is 2. The summed E-state index contributed by atoms with van der Waals surface area (Å²) in [6.07, 6.45) is 0. The second-order valence-corrected chi connectivity index (χ2v) is 4.52. The normalized spacial score (nSPS) is 15.5. The molecular formula is C11H13BrN2O. The van der Waals surface area contributed by atoms with Gasteiger partial charge in [0.15, 0.2) is 0 Å². The predicted octanol–water partition coefficient (Wildman–Crippen LogP) is 2.25. The van der Waals surface area contributed by atoms with Crippen molar-refractivity contribution in [1.82, 2.24) is 0 Å². The van der Waals surface area contributed by atoms with E-state index in [4.69, 9.17) is 0 Å². The molecule has 1 aliphatic rings. The molecule has 0 saturated carbocycles. The van der Waals surface area contributed by atoms with Crippen LogP contribution in [0.4, 0.5) is 11.4 Å². The molecule has 1 heterocycles. The van der Waals surface area contributed by atoms with Gasteiger partial charge < -0.3 is 9.80 Å². The van der Waals surface area contributed by atoms with Gasteiger partial charge in [-0.25, -0.2) is 0 Å². The monoisotopic (exact) mass is 268 g/mol. The van der Waals surface area contributed by atoms with Crippen molar-refractivity contribution in [1.29, 1.82) is 0 Å². The van der Waals surface area contributed by atoms with Crippen LogP contribution in [0, 0.1) is 0 Å². The number of hydrogen-bond donors (Lipinski definition) is 0. The first-order valence-corrected chi connectivity index (χ1v) is 5.74. The smallest absolute Gasteiger partial charge is 0.246 e. The molecule has 1 aromatic rings. The Morgan fingerprint density at radius 3 is 2.80 bits per heavy atom. The molecule has 3 nitrogen and oxygen atoms in total. The SMILES string of the molecule is CCN1CC(=O)N(C)c2cc(Br)ccc21. The van der Waals surface area contributed by atoms with Crippen LogP contribution in [-0.4, -0.2) is 26.0 Å². The fourth-order valence-corrected chi connectivity index (χ4v) is 2.15. The number of fused-ring (bicyclic) bond motifs is 1. The summed E-state index contributed by atoms with van der Waals surface area (Å²) in [6, 6.07) is 6.03. The highest BCUT2D eigenvalue weighted by atomic mass is 79.9. The highest BCUT2D eigenvalue weighted by molar-refractivity contribution is 9.10. The second-order valence-electron chi connectivity index (χ2n) is 3.60. The number of anilines is 2. The molecule has 0 atom stereocenters. The summed E-state index contributed by atoms with van der Waals surface area (Å²) < 4.78 is 0.999. The Morgan fingerprint density at radius 1 is 1.40 bits per heavy atom. The van der Waals surface area contributed by atoms with Gasteiger partial charge in [0, 0.05) is 18.1 Å². The van der Waals surface area contributed by atoms with Crippen molar-refractivity contribution in [3.05, 3.63) is 22.7 Å². The van der Waals surface area contributed by atoms with E-state index < -0.39 is 0 Å². The van der Waals surface area contributed by atoms with Crippen LogP contribution in [0.3, 0.4) is 0 Å². The van der Waals surface area contributed by atoms with Crippen LogP contribution >= 0.6 is 15.9 Å². The van der Waals surface area contributed by atoms with Crippen LogP contribution in [0.25, 0.3) is 0 Å². The topological polar surface area (TPSA) is 23.6 Å². The van der Waals surface area contributed by atoms with E-state index in [0.29, 0.717) is 6.54 Å². The van der Waals surface area contributed by atoms with Gasteiger partial charge in [-0.05, 0) is 25.1 Å². The van der Waals surface area contributed by atoms with Gasteiger partial charge in [-0.1, -0.05) is 15.9 Å². The molecule has 0 aromatic heterocycles. The number of carbonyl (C=O) groups excluding carboxylic acids is 1. The lowest BCUT2D eigenvalue weighted by atomic mass is 10.1. The fraction of sp³-hybridized carbons (Fsp3) is 0.364. The van der Waals surface area contributed by atoms with Crippen molar-refractivity contribution < 1.29 is 4.79 Å². The zero-order valence-electron chi connectivity index (χ0n) is 8.83. The van der Waals surface area contributed by atoms with Gasteiger partial charge >= 0.3 is 0 Å². The van der Waals surface area contributed by atoms with E-state index in [1.807, 2.05) is 25.2 Å². The van der Waals surface area contributed by atoms with Crippen molar-refractivity contribution >= 4 is 33.2 Å². The van der Waals surface area contributed by atoms with Crippen LogP contribution in [0.15, 0.2) is 22.7 Å². The lowest BCUT2D eigenvalue weighted by molar-refractivity contribution is -0.117. The third kappa shape index (κ3) is 1.74. The summed E-state index contributed by atoms with van der Waals surface area (Å²) in [6.45, 7) is 3.39. The highest BCUT2D eigenvalue weighted by Crippen LogP contribution is 2.34. The maximum atomic E-state index is 11.7. The summed E-state index contributed by atoms with van der Waals surface area (Å²) in [5, 5.41) is 0. The van der Waals surface area contributed by atoms with Crippen molar-refractivity contribution in [2.45, 2.75) is 6.92 Å². The van der Waals surface area contributed by atoms with Gasteiger partial charge in [-0.15, -0.1) is 0 Å². The van der Waals surface area contributed by atoms with Gasteiger partial charge in [-0.2, -0.15) is 0 Å². The summed E-state index contributed by atoms with van der Waals surface area (Å²) >= 11 is 3.42. The van der Waals surface area contributed by atoms with Gasteiger partial charge in [0.05, 0.1) is 17.9 Å². The molecule has 0 unspecified atom stereocenters. The second kappa shape index (κ2) is 3.85. The molecule has 1 aliphatic heterocycles. The molecule has 1 aromatic carbocycles. The molecule has 2 rings (SSSR count). The minimum atomic E-state index is 0.141. The average molecular weight is 269 g/mol. The third-order valence-corrected chi connectivity index (χ3v) is 3.21. The Hall–Kier alpha value is -1.03. The zero-order chi connectivity index (χ0) is 11.0. The molecule has 0 radical (unpaired) electrons. The summed E-state index contributed by atoms with van der Waals surface area (Å²) in [4.78, 5) is 15.5. The Kier molecular flexibility index (Phi) is 2.69. The van der Waals surface area contributed by atoms with Gasteiger partial charge in [-0.3, -0.25) is 4.79 Å². The number of carbonyl (C=O) groups is 1. The third-order valence-electron chi connectivity index (χ3n) is 2.72. The Balaban J connectivity index is 2.53. The van der Waals surface area contributed by atoms with Crippen molar-refractivity contribution in [2.75, 3.05) is 29.9 Å². The maximum Gasteiger partial charge on any atom is 0.246 e. The summed E-state index contributed by atoms with van der Waals surface area (Å²) in [5.74, 6) is 0.141. The van der Waals surface area contributed by atoms with Crippen LogP contribution in [0.1, 0.15) is 6.92 Å². The van der Waals surface area contributed by atoms with Crippen molar-refractivity contribution in [3.8, 4) is 0 Å². The lowest BCUT2D eigenvalue weighted by Crippen LogP contribution is -2.43. The molecule has 0 saturated heterocycles. The van der Waals surface area contributed by atoms with Crippen molar-refractivity contribution in [2.24, 2.45) is 0 Å². The Morgan fingerprint density at radius 2 is 2.13 bits per heavy atom. The number of benzene rings is 1. The van der Waals surface area contributed by atoms with Gasteiger partial charge in [0.25, 0.3) is 0 Å². The molecule has 1 amide bonds. The van der Waals surface area contributed by atoms with E-state index in [0.717, 1.165) is 22.4 Å². The number of rotatable bonds is 1. The highest BCUT2D eigenvalue weighted by Gasteiger charge is 2.25. The van der Waals surface area contributed by atoms with E-state index in [9.17, 15) is 4.79 Å². The predicted molar refractivity (Wildman–Crippen MR) is 65.4 cm³/mol. The van der Waals surface area contributed by atoms with E-state index in [-0.39, 0.29) is 5.91 Å². The first-order chi connectivity index (χ1) is 7.13. The van der Waals surface area contributed by atoms with Crippen LogP contribution < -0.4 is 9.80 Å². The van der Waals surface area contributed by atoms with Crippen molar-refractivity contribution in [3.63, 3.8) is 0 Å². The minimum absolute atomic E-state index is 0.141. The average Bonchev–Trinajstić information content (AvgIpc) is 2.23. The first-order valence-electron chi connectivity index (χ1n) is 4.94. The molecule has 0 N–H and O–H groups in total. The van der Waals surface area contributed by atoms with E-state index >= 15 is 0 Å². The Bertz CT molecular complexity index is 406. The fourth-order valence-electron chi connectivity index (χ4n) is 1.80. The number of halogens is 1. The molecule has 0 spiro atoms. The number of amides is 1.